The highest BCUT2D eigenvalue weighted by Crippen LogP contribution is 2.30. The maximum Gasteiger partial charge on any atom is 0.339 e. The summed E-state index contributed by atoms with van der Waals surface area (Å²) >= 11 is 2.10. The minimum absolute atomic E-state index is 0.0871. The molecule has 0 radical (unpaired) electrons. The van der Waals surface area contributed by atoms with Crippen molar-refractivity contribution < 1.29 is 27.1 Å². The van der Waals surface area contributed by atoms with Crippen LogP contribution >= 0.6 is 22.6 Å². The summed E-state index contributed by atoms with van der Waals surface area (Å²) in [4.78, 5) is 22.0. The van der Waals surface area contributed by atoms with Gasteiger partial charge in [0, 0.05) is 21.3 Å². The fourth-order valence-corrected chi connectivity index (χ4v) is 4.08. The minimum atomic E-state index is -4.26. The molecule has 0 atom stereocenters. The van der Waals surface area contributed by atoms with Gasteiger partial charge in [-0.1, -0.05) is 6.07 Å². The van der Waals surface area contributed by atoms with Gasteiger partial charge in [-0.05, 0) is 76.7 Å². The highest BCUT2D eigenvalue weighted by Gasteiger charge is 2.20. The van der Waals surface area contributed by atoms with Crippen LogP contribution in [0.5, 0.6) is 11.5 Å². The number of rotatable bonds is 8. The number of hydrogen-bond acceptors (Lipinski definition) is 8. The molecule has 0 unspecified atom stereocenters. The van der Waals surface area contributed by atoms with Crippen LogP contribution in [0.15, 0.2) is 76.7 Å². The first-order valence-corrected chi connectivity index (χ1v) is 11.6. The van der Waals surface area contributed by atoms with Gasteiger partial charge in [-0.2, -0.15) is 13.5 Å². The average Bonchev–Trinajstić information content (AvgIpc) is 2.79. The van der Waals surface area contributed by atoms with Crippen LogP contribution in [0.4, 0.5) is 5.69 Å². The summed E-state index contributed by atoms with van der Waals surface area (Å²) in [5.74, 6) is -0.366. The molecule has 3 aromatic carbocycles. The predicted octanol–water partition coefficient (Wildman–Crippen LogP) is 3.74. The van der Waals surface area contributed by atoms with Crippen molar-refractivity contribution in [2.45, 2.75) is 4.90 Å². The molecular formula is C21H16IN3O7S. The number of non-ortho nitro benzene ring substituents is 1. The summed E-state index contributed by atoms with van der Waals surface area (Å²) in [5, 5.41) is 14.6. The Labute approximate surface area is 202 Å². The van der Waals surface area contributed by atoms with E-state index in [1.807, 2.05) is 6.07 Å². The van der Waals surface area contributed by atoms with E-state index in [1.54, 1.807) is 18.2 Å². The van der Waals surface area contributed by atoms with Crippen LogP contribution in [0.3, 0.4) is 0 Å². The lowest BCUT2D eigenvalue weighted by molar-refractivity contribution is -0.384. The summed E-state index contributed by atoms with van der Waals surface area (Å²) in [6, 6.07) is 15.6. The number of amides is 1. The summed E-state index contributed by atoms with van der Waals surface area (Å²) in [6.07, 6.45) is 1.36. The van der Waals surface area contributed by atoms with Crippen molar-refractivity contribution >= 4 is 50.5 Å². The fraction of sp³-hybridized carbons (Fsp3) is 0.0476. The molecule has 0 spiro atoms. The zero-order chi connectivity index (χ0) is 24.0. The first-order chi connectivity index (χ1) is 15.7. The fourth-order valence-electron chi connectivity index (χ4n) is 2.59. The number of methoxy groups -OCH3 is 1. The first-order valence-electron chi connectivity index (χ1n) is 9.15. The lowest BCUT2D eigenvalue weighted by atomic mass is 10.2. The third kappa shape index (κ3) is 6.26. The summed E-state index contributed by atoms with van der Waals surface area (Å²) in [6.45, 7) is 0. The molecule has 0 heterocycles. The number of halogens is 1. The zero-order valence-corrected chi connectivity index (χ0v) is 19.9. The highest BCUT2D eigenvalue weighted by atomic mass is 127. The molecule has 12 heteroatoms. The number of nitro groups is 1. The van der Waals surface area contributed by atoms with Gasteiger partial charge in [0.1, 0.15) is 4.90 Å². The molecule has 1 N–H and O–H groups in total. The Bertz CT molecular complexity index is 1330. The number of ether oxygens (including phenoxy) is 1. The molecule has 0 aliphatic carbocycles. The predicted molar refractivity (Wildman–Crippen MR) is 128 cm³/mol. The van der Waals surface area contributed by atoms with E-state index in [0.29, 0.717) is 11.1 Å². The third-order valence-electron chi connectivity index (χ3n) is 4.19. The monoisotopic (exact) mass is 581 g/mol. The van der Waals surface area contributed by atoms with Gasteiger partial charge in [-0.3, -0.25) is 14.9 Å². The number of hydrogen-bond donors (Lipinski definition) is 1. The Balaban J connectivity index is 1.73. The second-order valence-corrected chi connectivity index (χ2v) is 9.20. The molecular weight excluding hydrogens is 565 g/mol. The van der Waals surface area contributed by atoms with Gasteiger partial charge < -0.3 is 8.92 Å². The molecule has 170 valence electrons. The van der Waals surface area contributed by atoms with Crippen molar-refractivity contribution in [2.75, 3.05) is 7.11 Å². The van der Waals surface area contributed by atoms with Crippen LogP contribution in [-0.2, 0) is 10.1 Å². The molecule has 0 saturated heterocycles. The Morgan fingerprint density at radius 1 is 1.09 bits per heavy atom. The number of carbonyl (C=O) groups excluding carboxylic acids is 1. The molecule has 0 aliphatic heterocycles. The van der Waals surface area contributed by atoms with Gasteiger partial charge in [-0.15, -0.1) is 0 Å². The highest BCUT2D eigenvalue weighted by molar-refractivity contribution is 14.1. The summed E-state index contributed by atoms with van der Waals surface area (Å²) < 4.78 is 36.3. The van der Waals surface area contributed by atoms with Gasteiger partial charge in [0.15, 0.2) is 11.5 Å². The van der Waals surface area contributed by atoms with E-state index in [0.717, 1.165) is 27.8 Å². The molecule has 0 aliphatic rings. The van der Waals surface area contributed by atoms with Crippen LogP contribution in [0.1, 0.15) is 15.9 Å². The molecule has 10 nitrogen and oxygen atoms in total. The second kappa shape index (κ2) is 10.4. The van der Waals surface area contributed by atoms with Crippen LogP contribution < -0.4 is 14.3 Å². The molecule has 0 aromatic heterocycles. The van der Waals surface area contributed by atoms with E-state index in [2.05, 4.69) is 33.1 Å². The van der Waals surface area contributed by atoms with Crippen molar-refractivity contribution in [3.8, 4) is 11.5 Å². The SMILES string of the molecule is COc1cc(/C=N/NC(=O)c2cccc(I)c2)ccc1OS(=O)(=O)c1ccc([N+](=O)[O-])cc1. The molecule has 0 saturated carbocycles. The quantitative estimate of drug-likeness (QED) is 0.141. The molecule has 1 amide bonds. The Kier molecular flexibility index (Phi) is 7.60. The van der Waals surface area contributed by atoms with E-state index in [9.17, 15) is 23.3 Å². The van der Waals surface area contributed by atoms with E-state index in [1.165, 1.54) is 31.5 Å². The molecule has 33 heavy (non-hydrogen) atoms. The van der Waals surface area contributed by atoms with E-state index >= 15 is 0 Å². The maximum absolute atomic E-state index is 12.5. The number of nitro benzene ring substituents is 1. The first kappa shape index (κ1) is 24.1. The van der Waals surface area contributed by atoms with Crippen LogP contribution in [0.25, 0.3) is 0 Å². The van der Waals surface area contributed by atoms with Crippen molar-refractivity contribution in [3.05, 3.63) is 91.5 Å². The number of benzene rings is 3. The summed E-state index contributed by atoms with van der Waals surface area (Å²) in [5.41, 5.74) is 3.13. The van der Waals surface area contributed by atoms with Gasteiger partial charge in [0.05, 0.1) is 18.2 Å². The standard InChI is InChI=1S/C21H16IN3O7S/c1-31-20-11-14(13-23-24-21(26)15-3-2-4-16(22)12-15)5-10-19(20)32-33(29,30)18-8-6-17(7-9-18)25(27)28/h2-13H,1H3,(H,24,26)/b23-13+. The lowest BCUT2D eigenvalue weighted by Gasteiger charge is -2.11. The Morgan fingerprint density at radius 2 is 1.82 bits per heavy atom. The number of carbonyl (C=O) groups is 1. The zero-order valence-electron chi connectivity index (χ0n) is 17.0. The van der Waals surface area contributed by atoms with Crippen molar-refractivity contribution in [3.63, 3.8) is 0 Å². The smallest absolute Gasteiger partial charge is 0.339 e. The summed E-state index contributed by atoms with van der Waals surface area (Å²) in [7, 11) is -2.92. The normalized spacial score (nSPS) is 11.2. The lowest BCUT2D eigenvalue weighted by Crippen LogP contribution is -2.17. The minimum Gasteiger partial charge on any atom is -0.493 e. The molecule has 0 bridgehead atoms. The van der Waals surface area contributed by atoms with Crippen LogP contribution in [0.2, 0.25) is 0 Å². The van der Waals surface area contributed by atoms with Crippen LogP contribution in [-0.4, -0.2) is 32.6 Å². The Morgan fingerprint density at radius 3 is 2.45 bits per heavy atom. The maximum atomic E-state index is 12.5. The van der Waals surface area contributed by atoms with Crippen molar-refractivity contribution in [1.82, 2.24) is 5.43 Å². The van der Waals surface area contributed by atoms with Gasteiger partial charge in [0.25, 0.3) is 11.6 Å². The third-order valence-corrected chi connectivity index (χ3v) is 6.11. The second-order valence-electron chi connectivity index (χ2n) is 6.41. The number of nitrogens with zero attached hydrogens (tertiary/aromatic N) is 2. The largest absolute Gasteiger partial charge is 0.493 e. The van der Waals surface area contributed by atoms with Crippen LogP contribution in [0, 0.1) is 13.7 Å². The van der Waals surface area contributed by atoms with Crippen molar-refractivity contribution in [2.24, 2.45) is 5.10 Å². The number of nitrogens with one attached hydrogen (secondary N) is 1. The molecule has 3 aromatic rings. The van der Waals surface area contributed by atoms with E-state index < -0.39 is 15.0 Å². The number of hydrazone groups is 1. The van der Waals surface area contributed by atoms with E-state index in [4.69, 9.17) is 8.92 Å². The van der Waals surface area contributed by atoms with Gasteiger partial charge in [-0.25, -0.2) is 5.43 Å². The molecule has 3 rings (SSSR count). The van der Waals surface area contributed by atoms with Gasteiger partial charge in [0.2, 0.25) is 0 Å². The van der Waals surface area contributed by atoms with Crippen molar-refractivity contribution in [1.29, 1.82) is 0 Å². The topological polar surface area (TPSA) is 137 Å². The Hall–Kier alpha value is -3.52. The molecule has 0 fully saturated rings. The average molecular weight is 581 g/mol. The van der Waals surface area contributed by atoms with Gasteiger partial charge >= 0.3 is 10.1 Å². The van der Waals surface area contributed by atoms with E-state index in [-0.39, 0.29) is 28.0 Å².